The summed E-state index contributed by atoms with van der Waals surface area (Å²) in [4.78, 5) is 10.7. The molecule has 6 heteroatoms. The van der Waals surface area contributed by atoms with Crippen LogP contribution in [0.2, 0.25) is 0 Å². The van der Waals surface area contributed by atoms with Crippen LogP contribution in [-0.2, 0) is 0 Å². The number of aliphatic hydroxyl groups is 1. The van der Waals surface area contributed by atoms with Crippen molar-refractivity contribution in [1.29, 1.82) is 0 Å². The summed E-state index contributed by atoms with van der Waals surface area (Å²) in [5, 5.41) is 20.7. The Balaban J connectivity index is 2.44. The van der Waals surface area contributed by atoms with E-state index >= 15 is 0 Å². The molecular formula is C15H14BrNO4. The first-order valence-electron chi connectivity index (χ1n) is 6.29. The molecule has 1 atom stereocenters. The topological polar surface area (TPSA) is 72.6 Å². The molecular weight excluding hydrogens is 338 g/mol. The molecule has 0 amide bonds. The summed E-state index contributed by atoms with van der Waals surface area (Å²) in [6, 6.07) is 9.92. The van der Waals surface area contributed by atoms with Crippen LogP contribution in [0, 0.1) is 17.0 Å². The molecule has 1 N–H and O–H groups in total. The van der Waals surface area contributed by atoms with Crippen molar-refractivity contribution in [3.8, 4) is 11.5 Å². The molecule has 0 saturated carbocycles. The standard InChI is InChI=1S/C15H14BrNO4/c1-9-3-5-12(16)8-15(9)21-14-6-4-11(10(2)18)7-13(14)17(19)20/h3-8,10,18H,1-2H3/t10-/m1/s1. The van der Waals surface area contributed by atoms with E-state index in [0.717, 1.165) is 10.0 Å². The summed E-state index contributed by atoms with van der Waals surface area (Å²) in [5.41, 5.74) is 1.17. The maximum atomic E-state index is 11.2. The van der Waals surface area contributed by atoms with Crippen LogP contribution >= 0.6 is 15.9 Å². The average molecular weight is 352 g/mol. The van der Waals surface area contributed by atoms with E-state index in [9.17, 15) is 15.2 Å². The molecule has 0 aromatic heterocycles. The second kappa shape index (κ2) is 6.24. The van der Waals surface area contributed by atoms with Crippen LogP contribution in [0.1, 0.15) is 24.2 Å². The van der Waals surface area contributed by atoms with Gasteiger partial charge in [-0.25, -0.2) is 0 Å². The Hall–Kier alpha value is -1.92. The SMILES string of the molecule is Cc1ccc(Br)cc1Oc1ccc([C@@H](C)O)cc1[N+](=O)[O-]. The number of halogens is 1. The normalized spacial score (nSPS) is 12.0. The Morgan fingerprint density at radius 1 is 1.24 bits per heavy atom. The van der Waals surface area contributed by atoms with E-state index in [1.165, 1.54) is 12.1 Å². The fraction of sp³-hybridized carbons (Fsp3) is 0.200. The number of rotatable bonds is 4. The summed E-state index contributed by atoms with van der Waals surface area (Å²) in [6.45, 7) is 3.41. The number of hydrogen-bond donors (Lipinski definition) is 1. The van der Waals surface area contributed by atoms with Gasteiger partial charge in [-0.1, -0.05) is 28.1 Å². The van der Waals surface area contributed by atoms with Gasteiger partial charge < -0.3 is 9.84 Å². The van der Waals surface area contributed by atoms with Gasteiger partial charge in [0.05, 0.1) is 11.0 Å². The summed E-state index contributed by atoms with van der Waals surface area (Å²) >= 11 is 3.34. The molecule has 0 aliphatic heterocycles. The van der Waals surface area contributed by atoms with Crippen LogP contribution in [0.15, 0.2) is 40.9 Å². The van der Waals surface area contributed by atoms with Crippen molar-refractivity contribution in [2.45, 2.75) is 20.0 Å². The van der Waals surface area contributed by atoms with Gasteiger partial charge in [0.1, 0.15) is 5.75 Å². The number of nitrogens with zero attached hydrogens (tertiary/aromatic N) is 1. The number of benzene rings is 2. The maximum Gasteiger partial charge on any atom is 0.311 e. The lowest BCUT2D eigenvalue weighted by Crippen LogP contribution is -1.98. The molecule has 0 saturated heterocycles. The molecule has 0 radical (unpaired) electrons. The first-order valence-corrected chi connectivity index (χ1v) is 7.08. The van der Waals surface area contributed by atoms with Gasteiger partial charge in [0.25, 0.3) is 0 Å². The zero-order valence-corrected chi connectivity index (χ0v) is 13.1. The Labute approximate surface area is 130 Å². The van der Waals surface area contributed by atoms with Crippen molar-refractivity contribution in [1.82, 2.24) is 0 Å². The summed E-state index contributed by atoms with van der Waals surface area (Å²) in [7, 11) is 0. The van der Waals surface area contributed by atoms with Crippen LogP contribution in [0.25, 0.3) is 0 Å². The zero-order chi connectivity index (χ0) is 15.6. The second-order valence-electron chi connectivity index (χ2n) is 4.67. The van der Waals surface area contributed by atoms with E-state index in [0.29, 0.717) is 11.3 Å². The van der Waals surface area contributed by atoms with Crippen LogP contribution in [0.4, 0.5) is 5.69 Å². The minimum atomic E-state index is -0.773. The maximum absolute atomic E-state index is 11.2. The van der Waals surface area contributed by atoms with Crippen molar-refractivity contribution >= 4 is 21.6 Å². The molecule has 0 aliphatic rings. The molecule has 0 bridgehead atoms. The smallest absolute Gasteiger partial charge is 0.311 e. The molecule has 0 heterocycles. The Bertz CT molecular complexity index is 685. The predicted molar refractivity (Wildman–Crippen MR) is 82.7 cm³/mol. The van der Waals surface area contributed by atoms with Crippen molar-refractivity contribution in [2.75, 3.05) is 0 Å². The molecule has 2 aromatic rings. The third-order valence-electron chi connectivity index (χ3n) is 3.03. The Morgan fingerprint density at radius 3 is 2.57 bits per heavy atom. The molecule has 21 heavy (non-hydrogen) atoms. The lowest BCUT2D eigenvalue weighted by atomic mass is 10.1. The minimum Gasteiger partial charge on any atom is -0.450 e. The molecule has 2 rings (SSSR count). The number of nitro groups is 1. The van der Waals surface area contributed by atoms with Gasteiger partial charge in [-0.3, -0.25) is 10.1 Å². The highest BCUT2D eigenvalue weighted by Gasteiger charge is 2.19. The van der Waals surface area contributed by atoms with E-state index in [4.69, 9.17) is 4.74 Å². The second-order valence-corrected chi connectivity index (χ2v) is 5.59. The van der Waals surface area contributed by atoms with Crippen LogP contribution in [0.5, 0.6) is 11.5 Å². The first kappa shape index (κ1) is 15.5. The molecule has 0 aliphatic carbocycles. The third kappa shape index (κ3) is 3.59. The van der Waals surface area contributed by atoms with E-state index in [1.54, 1.807) is 19.1 Å². The molecule has 110 valence electrons. The highest BCUT2D eigenvalue weighted by Crippen LogP contribution is 2.35. The number of nitro benzene ring substituents is 1. The van der Waals surface area contributed by atoms with Gasteiger partial charge in [-0.15, -0.1) is 0 Å². The molecule has 0 fully saturated rings. The fourth-order valence-corrected chi connectivity index (χ4v) is 2.17. The van der Waals surface area contributed by atoms with Crippen molar-refractivity contribution in [2.24, 2.45) is 0 Å². The number of ether oxygens (including phenoxy) is 1. The number of aryl methyl sites for hydroxylation is 1. The van der Waals surface area contributed by atoms with Gasteiger partial charge in [-0.2, -0.15) is 0 Å². The number of aliphatic hydroxyl groups excluding tert-OH is 1. The molecule has 5 nitrogen and oxygen atoms in total. The lowest BCUT2D eigenvalue weighted by Gasteiger charge is -2.11. The number of hydrogen-bond acceptors (Lipinski definition) is 4. The molecule has 0 spiro atoms. The molecule has 2 aromatic carbocycles. The quantitative estimate of drug-likeness (QED) is 0.649. The van der Waals surface area contributed by atoms with Crippen LogP contribution < -0.4 is 4.74 Å². The van der Waals surface area contributed by atoms with E-state index in [1.807, 2.05) is 19.1 Å². The van der Waals surface area contributed by atoms with Crippen molar-refractivity contribution < 1.29 is 14.8 Å². The highest BCUT2D eigenvalue weighted by atomic mass is 79.9. The monoisotopic (exact) mass is 351 g/mol. The summed E-state index contributed by atoms with van der Waals surface area (Å²) in [5.74, 6) is 0.683. The fourth-order valence-electron chi connectivity index (χ4n) is 1.83. The Kier molecular flexibility index (Phi) is 4.59. The minimum absolute atomic E-state index is 0.144. The van der Waals surface area contributed by atoms with Gasteiger partial charge in [0, 0.05) is 10.5 Å². The van der Waals surface area contributed by atoms with Gasteiger partial charge >= 0.3 is 5.69 Å². The lowest BCUT2D eigenvalue weighted by molar-refractivity contribution is -0.385. The van der Waals surface area contributed by atoms with Crippen LogP contribution in [0.3, 0.4) is 0 Å². The Morgan fingerprint density at radius 2 is 1.95 bits per heavy atom. The van der Waals surface area contributed by atoms with Gasteiger partial charge in [-0.05, 0) is 43.2 Å². The average Bonchev–Trinajstić information content (AvgIpc) is 2.42. The van der Waals surface area contributed by atoms with E-state index in [2.05, 4.69) is 15.9 Å². The van der Waals surface area contributed by atoms with E-state index in [-0.39, 0.29) is 11.4 Å². The third-order valence-corrected chi connectivity index (χ3v) is 3.53. The van der Waals surface area contributed by atoms with Gasteiger partial charge in [0.2, 0.25) is 5.75 Å². The molecule has 0 unspecified atom stereocenters. The largest absolute Gasteiger partial charge is 0.450 e. The first-order chi connectivity index (χ1) is 9.88. The van der Waals surface area contributed by atoms with Crippen LogP contribution in [-0.4, -0.2) is 10.0 Å². The summed E-state index contributed by atoms with van der Waals surface area (Å²) < 4.78 is 6.49. The summed E-state index contributed by atoms with van der Waals surface area (Å²) in [6.07, 6.45) is -0.773. The zero-order valence-electron chi connectivity index (χ0n) is 11.5. The highest BCUT2D eigenvalue weighted by molar-refractivity contribution is 9.10. The van der Waals surface area contributed by atoms with E-state index < -0.39 is 11.0 Å². The predicted octanol–water partition coefficient (Wildman–Crippen LogP) is 4.51. The van der Waals surface area contributed by atoms with Gasteiger partial charge in [0.15, 0.2) is 0 Å². The van der Waals surface area contributed by atoms with Crippen molar-refractivity contribution in [3.05, 3.63) is 62.1 Å². The van der Waals surface area contributed by atoms with Crippen molar-refractivity contribution in [3.63, 3.8) is 0 Å².